The first-order valence-electron chi connectivity index (χ1n) is 6.72. The molecule has 0 atom stereocenters. The molecule has 5 nitrogen and oxygen atoms in total. The maximum Gasteiger partial charge on any atom is 0.231 e. The molecular weight excluding hydrogens is 268 g/mol. The van der Waals surface area contributed by atoms with Crippen LogP contribution < -0.4 is 14.8 Å². The summed E-state index contributed by atoms with van der Waals surface area (Å²) in [5, 5.41) is 14.5. The van der Waals surface area contributed by atoms with E-state index in [9.17, 15) is 5.11 Å². The van der Waals surface area contributed by atoms with E-state index in [1.54, 1.807) is 12.1 Å². The molecule has 0 fully saturated rings. The molecule has 0 amide bonds. The van der Waals surface area contributed by atoms with E-state index in [0.717, 1.165) is 22.2 Å². The second-order valence-electron chi connectivity index (χ2n) is 4.97. The molecule has 1 aliphatic heterocycles. The lowest BCUT2D eigenvalue weighted by Gasteiger charge is -2.09. The van der Waals surface area contributed by atoms with Crippen molar-refractivity contribution in [3.8, 4) is 17.2 Å². The molecule has 2 aromatic carbocycles. The number of phenols is 1. The monoisotopic (exact) mass is 282 g/mol. The topological polar surface area (TPSA) is 66.5 Å². The number of aromatic nitrogens is 1. The van der Waals surface area contributed by atoms with E-state index < -0.39 is 0 Å². The Balaban J connectivity index is 1.56. The molecule has 3 aromatic rings. The summed E-state index contributed by atoms with van der Waals surface area (Å²) in [4.78, 5) is 3.16. The van der Waals surface area contributed by atoms with Crippen LogP contribution in [-0.2, 0) is 6.54 Å². The zero-order valence-electron chi connectivity index (χ0n) is 11.2. The summed E-state index contributed by atoms with van der Waals surface area (Å²) < 4.78 is 10.6. The molecule has 21 heavy (non-hydrogen) atoms. The quantitative estimate of drug-likeness (QED) is 0.690. The summed E-state index contributed by atoms with van der Waals surface area (Å²) in [5.41, 5.74) is 2.87. The fourth-order valence-corrected chi connectivity index (χ4v) is 2.48. The third kappa shape index (κ3) is 2.12. The van der Waals surface area contributed by atoms with Crippen molar-refractivity contribution in [2.24, 2.45) is 0 Å². The first kappa shape index (κ1) is 12.0. The highest BCUT2D eigenvalue weighted by molar-refractivity contribution is 5.82. The summed E-state index contributed by atoms with van der Waals surface area (Å²) in [6.45, 7) is 0.716. The average molecular weight is 282 g/mol. The Morgan fingerprint density at radius 3 is 2.86 bits per heavy atom. The minimum Gasteiger partial charge on any atom is -0.507 e. The molecule has 0 saturated carbocycles. The molecule has 106 valence electrons. The number of fused-ring (bicyclic) bond motifs is 2. The van der Waals surface area contributed by atoms with E-state index in [-0.39, 0.29) is 12.5 Å². The maximum absolute atomic E-state index is 10.0. The number of anilines is 1. The van der Waals surface area contributed by atoms with Crippen LogP contribution in [0.4, 0.5) is 5.69 Å². The minimum atomic E-state index is 0.203. The standard InChI is InChI=1S/C16H14N2O3/c19-14-7-16-15(20-9-21-16)6-11(14)8-18-12-1-2-13-10(5-12)3-4-17-13/h1-7,17-19H,8-9H2. The molecule has 1 aliphatic rings. The minimum absolute atomic E-state index is 0.203. The number of phenolic OH excluding ortho intramolecular Hbond substituents is 1. The molecule has 5 heteroatoms. The fourth-order valence-electron chi connectivity index (χ4n) is 2.48. The van der Waals surface area contributed by atoms with Crippen molar-refractivity contribution in [2.45, 2.75) is 6.54 Å². The predicted octanol–water partition coefficient (Wildman–Crippen LogP) is 3.21. The molecule has 2 heterocycles. The Morgan fingerprint density at radius 2 is 1.95 bits per heavy atom. The highest BCUT2D eigenvalue weighted by Crippen LogP contribution is 2.37. The van der Waals surface area contributed by atoms with Gasteiger partial charge in [-0.1, -0.05) is 0 Å². The molecule has 0 bridgehead atoms. The van der Waals surface area contributed by atoms with Gasteiger partial charge in [0.05, 0.1) is 0 Å². The van der Waals surface area contributed by atoms with E-state index in [1.165, 1.54) is 0 Å². The van der Waals surface area contributed by atoms with Gasteiger partial charge in [0.1, 0.15) is 5.75 Å². The normalized spacial score (nSPS) is 12.8. The zero-order valence-corrected chi connectivity index (χ0v) is 11.2. The molecule has 4 rings (SSSR count). The van der Waals surface area contributed by atoms with Crippen LogP contribution in [0.5, 0.6) is 17.2 Å². The van der Waals surface area contributed by atoms with Crippen molar-refractivity contribution in [2.75, 3.05) is 12.1 Å². The van der Waals surface area contributed by atoms with Gasteiger partial charge in [0.25, 0.3) is 0 Å². The number of nitrogens with one attached hydrogen (secondary N) is 2. The average Bonchev–Trinajstić information content (AvgIpc) is 3.12. The number of H-pyrrole nitrogens is 1. The van der Waals surface area contributed by atoms with Crippen LogP contribution in [0.2, 0.25) is 0 Å². The molecule has 0 aliphatic carbocycles. The molecular formula is C16H14N2O3. The first-order valence-corrected chi connectivity index (χ1v) is 6.72. The second kappa shape index (κ2) is 4.63. The highest BCUT2D eigenvalue weighted by Gasteiger charge is 2.16. The number of hydrogen-bond donors (Lipinski definition) is 3. The molecule has 0 unspecified atom stereocenters. The Kier molecular flexibility index (Phi) is 2.64. The third-order valence-corrected chi connectivity index (χ3v) is 3.61. The van der Waals surface area contributed by atoms with Crippen molar-refractivity contribution in [1.29, 1.82) is 0 Å². The van der Waals surface area contributed by atoms with Crippen LogP contribution in [0.1, 0.15) is 5.56 Å². The van der Waals surface area contributed by atoms with Gasteiger partial charge in [0.15, 0.2) is 11.5 Å². The van der Waals surface area contributed by atoms with Crippen LogP contribution in [0, 0.1) is 0 Å². The SMILES string of the molecule is Oc1cc2c(cc1CNc1ccc3[nH]ccc3c1)OCO2. The van der Waals surface area contributed by atoms with Crippen molar-refractivity contribution in [3.63, 3.8) is 0 Å². The van der Waals surface area contributed by atoms with Gasteiger partial charge in [-0.05, 0) is 30.3 Å². The van der Waals surface area contributed by atoms with Crippen molar-refractivity contribution in [1.82, 2.24) is 4.98 Å². The van der Waals surface area contributed by atoms with Crippen LogP contribution >= 0.6 is 0 Å². The second-order valence-corrected chi connectivity index (χ2v) is 4.97. The molecule has 0 saturated heterocycles. The largest absolute Gasteiger partial charge is 0.507 e. The molecule has 0 spiro atoms. The van der Waals surface area contributed by atoms with E-state index in [0.29, 0.717) is 18.0 Å². The van der Waals surface area contributed by atoms with Gasteiger partial charge >= 0.3 is 0 Å². The molecule has 0 radical (unpaired) electrons. The lowest BCUT2D eigenvalue weighted by atomic mass is 10.1. The van der Waals surface area contributed by atoms with Gasteiger partial charge in [-0.2, -0.15) is 0 Å². The Labute approximate surface area is 121 Å². The highest BCUT2D eigenvalue weighted by atomic mass is 16.7. The number of rotatable bonds is 3. The summed E-state index contributed by atoms with van der Waals surface area (Å²) in [7, 11) is 0. The van der Waals surface area contributed by atoms with Gasteiger partial charge in [-0.25, -0.2) is 0 Å². The number of ether oxygens (including phenoxy) is 2. The van der Waals surface area contributed by atoms with Crippen LogP contribution in [0.25, 0.3) is 10.9 Å². The number of benzene rings is 2. The van der Waals surface area contributed by atoms with E-state index >= 15 is 0 Å². The zero-order chi connectivity index (χ0) is 14.2. The van der Waals surface area contributed by atoms with Gasteiger partial charge in [0, 0.05) is 41.0 Å². The Hall–Kier alpha value is -2.82. The fraction of sp³-hybridized carbons (Fsp3) is 0.125. The van der Waals surface area contributed by atoms with E-state index in [1.807, 2.05) is 24.4 Å². The molecule has 1 aromatic heterocycles. The van der Waals surface area contributed by atoms with Gasteiger partial charge in [0.2, 0.25) is 6.79 Å². The van der Waals surface area contributed by atoms with Crippen molar-refractivity contribution < 1.29 is 14.6 Å². The van der Waals surface area contributed by atoms with Gasteiger partial charge in [-0.15, -0.1) is 0 Å². The summed E-state index contributed by atoms with van der Waals surface area (Å²) in [6, 6.07) is 11.5. The third-order valence-electron chi connectivity index (χ3n) is 3.61. The first-order chi connectivity index (χ1) is 10.3. The van der Waals surface area contributed by atoms with Crippen LogP contribution in [0.3, 0.4) is 0 Å². The maximum atomic E-state index is 10.0. The van der Waals surface area contributed by atoms with Crippen molar-refractivity contribution >= 4 is 16.6 Å². The Morgan fingerprint density at radius 1 is 1.10 bits per heavy atom. The summed E-state index contributed by atoms with van der Waals surface area (Å²) in [6.07, 6.45) is 1.91. The number of hydrogen-bond acceptors (Lipinski definition) is 4. The van der Waals surface area contributed by atoms with Crippen LogP contribution in [0.15, 0.2) is 42.6 Å². The van der Waals surface area contributed by atoms with Gasteiger partial charge in [-0.3, -0.25) is 0 Å². The number of aromatic hydroxyl groups is 1. The lowest BCUT2D eigenvalue weighted by molar-refractivity contribution is 0.174. The smallest absolute Gasteiger partial charge is 0.231 e. The van der Waals surface area contributed by atoms with Gasteiger partial charge < -0.3 is 24.9 Å². The van der Waals surface area contributed by atoms with Crippen LogP contribution in [-0.4, -0.2) is 16.9 Å². The van der Waals surface area contributed by atoms with E-state index in [2.05, 4.69) is 16.4 Å². The number of aromatic amines is 1. The summed E-state index contributed by atoms with van der Waals surface area (Å²) in [5.74, 6) is 1.46. The van der Waals surface area contributed by atoms with Crippen molar-refractivity contribution in [3.05, 3.63) is 48.2 Å². The predicted molar refractivity (Wildman–Crippen MR) is 79.9 cm³/mol. The summed E-state index contributed by atoms with van der Waals surface area (Å²) >= 11 is 0. The lowest BCUT2D eigenvalue weighted by Crippen LogP contribution is -1.99. The van der Waals surface area contributed by atoms with E-state index in [4.69, 9.17) is 9.47 Å². The molecule has 3 N–H and O–H groups in total. The Bertz CT molecular complexity index is 810.